The van der Waals surface area contributed by atoms with Crippen LogP contribution >= 0.6 is 11.3 Å². The van der Waals surface area contributed by atoms with E-state index in [0.29, 0.717) is 16.1 Å². The molecule has 0 radical (unpaired) electrons. The van der Waals surface area contributed by atoms with E-state index >= 15 is 0 Å². The van der Waals surface area contributed by atoms with E-state index in [0.717, 1.165) is 27.9 Å². The zero-order chi connectivity index (χ0) is 21.5. The molecule has 0 unspecified atom stereocenters. The van der Waals surface area contributed by atoms with Crippen LogP contribution in [0.3, 0.4) is 0 Å². The summed E-state index contributed by atoms with van der Waals surface area (Å²) in [5, 5.41) is 2.40. The number of nitrogens with zero attached hydrogens (tertiary/aromatic N) is 2. The second-order valence-corrected chi connectivity index (χ2v) is 8.65. The Labute approximate surface area is 187 Å². The first-order chi connectivity index (χ1) is 15.8. The third-order valence-electron chi connectivity index (χ3n) is 5.56. The molecule has 32 heavy (non-hydrogen) atoms. The molecule has 0 aliphatic rings. The standard InChI is InChI=1S/C27H18N2O2S/c30-26-25(32-27-28-22-10-4-5-11-23(22)29(26)27)16-21-9-3-6-12-24(21)31-17-18-13-14-19-7-1-2-8-20(19)15-18/h1-16H,17H2. The predicted molar refractivity (Wildman–Crippen MR) is 130 cm³/mol. The van der Waals surface area contributed by atoms with Crippen molar-refractivity contribution >= 4 is 44.2 Å². The maximum atomic E-state index is 13.1. The predicted octanol–water partition coefficient (Wildman–Crippen LogP) is 5.19. The molecule has 4 nitrogen and oxygen atoms in total. The maximum Gasteiger partial charge on any atom is 0.274 e. The van der Waals surface area contributed by atoms with Gasteiger partial charge < -0.3 is 4.74 Å². The molecule has 2 aromatic heterocycles. The van der Waals surface area contributed by atoms with Crippen LogP contribution in [-0.4, -0.2) is 9.38 Å². The SMILES string of the molecule is O=c1c(=Cc2ccccc2OCc2ccc3ccccc3c2)sc2nc3ccccc3n12. The van der Waals surface area contributed by atoms with Gasteiger partial charge in [0.15, 0.2) is 4.96 Å². The summed E-state index contributed by atoms with van der Waals surface area (Å²) in [6.45, 7) is 0.457. The number of imidazole rings is 1. The molecule has 0 saturated heterocycles. The van der Waals surface area contributed by atoms with E-state index in [4.69, 9.17) is 4.74 Å². The number of ether oxygens (including phenoxy) is 1. The lowest BCUT2D eigenvalue weighted by Crippen LogP contribution is -2.22. The summed E-state index contributed by atoms with van der Waals surface area (Å²) in [5.74, 6) is 0.746. The second kappa shape index (κ2) is 7.62. The van der Waals surface area contributed by atoms with Crippen molar-refractivity contribution in [1.29, 1.82) is 0 Å². The number of fused-ring (bicyclic) bond motifs is 4. The molecule has 0 bridgehead atoms. The van der Waals surface area contributed by atoms with Gasteiger partial charge in [0.2, 0.25) is 0 Å². The highest BCUT2D eigenvalue weighted by Gasteiger charge is 2.11. The summed E-state index contributed by atoms with van der Waals surface area (Å²) in [6, 6.07) is 30.1. The zero-order valence-corrected chi connectivity index (χ0v) is 17.9. The van der Waals surface area contributed by atoms with Crippen molar-refractivity contribution < 1.29 is 4.74 Å². The zero-order valence-electron chi connectivity index (χ0n) is 17.1. The molecule has 6 rings (SSSR count). The molecule has 0 fully saturated rings. The summed E-state index contributed by atoms with van der Waals surface area (Å²) in [6.07, 6.45) is 1.90. The molecule has 0 spiro atoms. The van der Waals surface area contributed by atoms with Gasteiger partial charge in [-0.15, -0.1) is 0 Å². The van der Waals surface area contributed by atoms with E-state index in [1.807, 2.05) is 66.7 Å². The molecule has 6 aromatic rings. The molecule has 0 aliphatic carbocycles. The van der Waals surface area contributed by atoms with Crippen LogP contribution in [0.5, 0.6) is 5.75 Å². The van der Waals surface area contributed by atoms with Gasteiger partial charge in [0.05, 0.1) is 15.6 Å². The Hall–Kier alpha value is -3.96. The Kier molecular flexibility index (Phi) is 4.47. The van der Waals surface area contributed by atoms with Crippen LogP contribution in [0.1, 0.15) is 11.1 Å². The van der Waals surface area contributed by atoms with Crippen LogP contribution in [0, 0.1) is 0 Å². The largest absolute Gasteiger partial charge is 0.488 e. The number of hydrogen-bond acceptors (Lipinski definition) is 4. The van der Waals surface area contributed by atoms with Crippen molar-refractivity contribution in [2.75, 3.05) is 0 Å². The highest BCUT2D eigenvalue weighted by Crippen LogP contribution is 2.22. The Morgan fingerprint density at radius 2 is 1.66 bits per heavy atom. The van der Waals surface area contributed by atoms with Gasteiger partial charge in [0.1, 0.15) is 12.4 Å². The van der Waals surface area contributed by atoms with Gasteiger partial charge in [-0.25, -0.2) is 9.38 Å². The third-order valence-corrected chi connectivity index (χ3v) is 6.53. The van der Waals surface area contributed by atoms with Crippen molar-refractivity contribution in [2.24, 2.45) is 0 Å². The van der Waals surface area contributed by atoms with Gasteiger partial charge in [-0.3, -0.25) is 4.79 Å². The monoisotopic (exact) mass is 434 g/mol. The average molecular weight is 435 g/mol. The summed E-state index contributed by atoms with van der Waals surface area (Å²) >= 11 is 1.40. The fourth-order valence-electron chi connectivity index (χ4n) is 3.97. The fraction of sp³-hybridized carbons (Fsp3) is 0.0370. The summed E-state index contributed by atoms with van der Waals surface area (Å²) in [7, 11) is 0. The van der Waals surface area contributed by atoms with E-state index in [1.54, 1.807) is 4.40 Å². The van der Waals surface area contributed by atoms with E-state index in [-0.39, 0.29) is 5.56 Å². The fourth-order valence-corrected chi connectivity index (χ4v) is 4.95. The van der Waals surface area contributed by atoms with Crippen LogP contribution in [0.15, 0.2) is 95.8 Å². The van der Waals surface area contributed by atoms with Gasteiger partial charge in [0.25, 0.3) is 5.56 Å². The van der Waals surface area contributed by atoms with Gasteiger partial charge in [-0.1, -0.05) is 78.1 Å². The smallest absolute Gasteiger partial charge is 0.274 e. The summed E-state index contributed by atoms with van der Waals surface area (Å²) in [4.78, 5) is 18.4. The van der Waals surface area contributed by atoms with E-state index in [1.165, 1.54) is 22.1 Å². The highest BCUT2D eigenvalue weighted by molar-refractivity contribution is 7.15. The van der Waals surface area contributed by atoms with Gasteiger partial charge in [-0.05, 0) is 46.7 Å². The molecule has 5 heteroatoms. The lowest BCUT2D eigenvalue weighted by Gasteiger charge is -2.10. The molecule has 2 heterocycles. The van der Waals surface area contributed by atoms with Crippen LogP contribution in [0.25, 0.3) is 32.8 Å². The van der Waals surface area contributed by atoms with Gasteiger partial charge in [-0.2, -0.15) is 0 Å². The average Bonchev–Trinajstić information content (AvgIpc) is 3.34. The van der Waals surface area contributed by atoms with E-state index < -0.39 is 0 Å². The molecule has 0 saturated carbocycles. The number of benzene rings is 4. The van der Waals surface area contributed by atoms with Gasteiger partial charge >= 0.3 is 0 Å². The van der Waals surface area contributed by atoms with Crippen LogP contribution in [-0.2, 0) is 6.61 Å². The molecule has 0 amide bonds. The normalized spacial score (nSPS) is 12.2. The number of hydrogen-bond donors (Lipinski definition) is 0. The van der Waals surface area contributed by atoms with E-state index in [2.05, 4.69) is 35.3 Å². The van der Waals surface area contributed by atoms with Crippen molar-refractivity contribution in [2.45, 2.75) is 6.61 Å². The first-order valence-corrected chi connectivity index (χ1v) is 11.2. The molecular formula is C27H18N2O2S. The van der Waals surface area contributed by atoms with E-state index in [9.17, 15) is 4.79 Å². The molecule has 0 aliphatic heterocycles. The van der Waals surface area contributed by atoms with Crippen LogP contribution in [0.2, 0.25) is 0 Å². The second-order valence-electron chi connectivity index (χ2n) is 7.64. The quantitative estimate of drug-likeness (QED) is 0.384. The third kappa shape index (κ3) is 3.24. The lowest BCUT2D eigenvalue weighted by atomic mass is 10.1. The lowest BCUT2D eigenvalue weighted by molar-refractivity contribution is 0.305. The van der Waals surface area contributed by atoms with Crippen molar-refractivity contribution in [3.8, 4) is 5.75 Å². The minimum Gasteiger partial charge on any atom is -0.488 e. The number of rotatable bonds is 4. The Morgan fingerprint density at radius 3 is 2.59 bits per heavy atom. The number of aromatic nitrogens is 2. The number of thiazole rings is 1. The van der Waals surface area contributed by atoms with Crippen molar-refractivity contribution in [3.63, 3.8) is 0 Å². The van der Waals surface area contributed by atoms with Gasteiger partial charge in [0, 0.05) is 5.56 Å². The summed E-state index contributed by atoms with van der Waals surface area (Å²) < 4.78 is 8.48. The maximum absolute atomic E-state index is 13.1. The minimum absolute atomic E-state index is 0.0527. The first kappa shape index (κ1) is 18.8. The molecular weight excluding hydrogens is 416 g/mol. The van der Waals surface area contributed by atoms with Crippen molar-refractivity contribution in [3.05, 3.63) is 117 Å². The Morgan fingerprint density at radius 1 is 0.875 bits per heavy atom. The number of para-hydroxylation sites is 3. The Bertz CT molecular complexity index is 1720. The molecule has 0 N–H and O–H groups in total. The molecule has 4 aromatic carbocycles. The van der Waals surface area contributed by atoms with Crippen LogP contribution in [0.4, 0.5) is 0 Å². The van der Waals surface area contributed by atoms with Crippen LogP contribution < -0.4 is 14.8 Å². The topological polar surface area (TPSA) is 43.6 Å². The molecule has 0 atom stereocenters. The summed E-state index contributed by atoms with van der Waals surface area (Å²) in [5.41, 5.74) is 3.59. The Balaban J connectivity index is 1.36. The minimum atomic E-state index is -0.0527. The molecule has 154 valence electrons. The first-order valence-electron chi connectivity index (χ1n) is 10.4. The highest BCUT2D eigenvalue weighted by atomic mass is 32.1. The van der Waals surface area contributed by atoms with Crippen molar-refractivity contribution in [1.82, 2.24) is 9.38 Å².